The van der Waals surface area contributed by atoms with Crippen molar-refractivity contribution in [2.24, 2.45) is 0 Å². The Balaban J connectivity index is 3.07. The molecule has 14 heavy (non-hydrogen) atoms. The second-order valence-electron chi connectivity index (χ2n) is 3.08. The van der Waals surface area contributed by atoms with E-state index < -0.39 is 12.0 Å². The van der Waals surface area contributed by atoms with Gasteiger partial charge in [-0.1, -0.05) is 12.1 Å². The fourth-order valence-electron chi connectivity index (χ4n) is 1.26. The molecular formula is C11H10N2O. The first kappa shape index (κ1) is 10.2. The van der Waals surface area contributed by atoms with Gasteiger partial charge in [0.15, 0.2) is 0 Å². The highest BCUT2D eigenvalue weighted by Crippen LogP contribution is 2.19. The SMILES string of the molecule is CC(O)C(C#N)c1cccc(C#N)c1. The van der Waals surface area contributed by atoms with Crippen LogP contribution in [0.2, 0.25) is 0 Å². The van der Waals surface area contributed by atoms with Gasteiger partial charge >= 0.3 is 0 Å². The fourth-order valence-corrected chi connectivity index (χ4v) is 1.26. The minimum atomic E-state index is -0.728. The summed E-state index contributed by atoms with van der Waals surface area (Å²) in [6.07, 6.45) is -0.728. The number of hydrogen-bond acceptors (Lipinski definition) is 3. The molecule has 2 unspecified atom stereocenters. The highest BCUT2D eigenvalue weighted by Gasteiger charge is 2.16. The summed E-state index contributed by atoms with van der Waals surface area (Å²) in [5, 5.41) is 26.8. The topological polar surface area (TPSA) is 67.8 Å². The van der Waals surface area contributed by atoms with Crippen molar-refractivity contribution in [3.63, 3.8) is 0 Å². The predicted octanol–water partition coefficient (Wildman–Crippen LogP) is 1.55. The standard InChI is InChI=1S/C11H10N2O/c1-8(14)11(7-13)10-4-2-3-9(5-10)6-12/h2-5,8,11,14H,1H3. The van der Waals surface area contributed by atoms with Crippen molar-refractivity contribution in [2.45, 2.75) is 18.9 Å². The molecule has 0 aliphatic heterocycles. The smallest absolute Gasteiger partial charge is 0.0991 e. The molecule has 0 amide bonds. The Morgan fingerprint density at radius 3 is 2.57 bits per heavy atom. The quantitative estimate of drug-likeness (QED) is 0.761. The van der Waals surface area contributed by atoms with Crippen LogP contribution in [0.4, 0.5) is 0 Å². The average molecular weight is 186 g/mol. The Morgan fingerprint density at radius 1 is 1.36 bits per heavy atom. The predicted molar refractivity (Wildman–Crippen MR) is 51.2 cm³/mol. The van der Waals surface area contributed by atoms with E-state index in [2.05, 4.69) is 0 Å². The van der Waals surface area contributed by atoms with Crippen LogP contribution in [-0.2, 0) is 0 Å². The van der Waals surface area contributed by atoms with Crippen molar-refractivity contribution in [1.29, 1.82) is 10.5 Å². The number of hydrogen-bond donors (Lipinski definition) is 1. The molecule has 3 heteroatoms. The highest BCUT2D eigenvalue weighted by molar-refractivity contribution is 5.36. The van der Waals surface area contributed by atoms with Gasteiger partial charge in [-0.3, -0.25) is 0 Å². The Labute approximate surface area is 82.8 Å². The summed E-state index contributed by atoms with van der Waals surface area (Å²) in [7, 11) is 0. The maximum Gasteiger partial charge on any atom is 0.0991 e. The number of benzene rings is 1. The van der Waals surface area contributed by atoms with E-state index in [1.54, 1.807) is 31.2 Å². The van der Waals surface area contributed by atoms with Crippen LogP contribution in [0.3, 0.4) is 0 Å². The molecule has 0 aliphatic rings. The van der Waals surface area contributed by atoms with Crippen molar-refractivity contribution in [1.82, 2.24) is 0 Å². The van der Waals surface area contributed by atoms with Crippen LogP contribution in [0.5, 0.6) is 0 Å². The third kappa shape index (κ3) is 2.10. The summed E-state index contributed by atoms with van der Waals surface area (Å²) in [5.41, 5.74) is 1.19. The van der Waals surface area contributed by atoms with Crippen molar-refractivity contribution < 1.29 is 5.11 Å². The number of nitrogens with zero attached hydrogens (tertiary/aromatic N) is 2. The molecule has 0 saturated heterocycles. The molecule has 70 valence electrons. The van der Waals surface area contributed by atoms with Gasteiger partial charge < -0.3 is 5.11 Å². The lowest BCUT2D eigenvalue weighted by Crippen LogP contribution is -2.12. The molecule has 1 rings (SSSR count). The zero-order valence-electron chi connectivity index (χ0n) is 7.81. The van der Waals surface area contributed by atoms with Gasteiger partial charge in [0.25, 0.3) is 0 Å². The second-order valence-corrected chi connectivity index (χ2v) is 3.08. The zero-order valence-corrected chi connectivity index (χ0v) is 7.81. The van der Waals surface area contributed by atoms with Gasteiger partial charge in [0, 0.05) is 0 Å². The zero-order chi connectivity index (χ0) is 10.6. The lowest BCUT2D eigenvalue weighted by Gasteiger charge is -2.11. The molecule has 1 N–H and O–H groups in total. The summed E-state index contributed by atoms with van der Waals surface area (Å²) in [6.45, 7) is 1.56. The van der Waals surface area contributed by atoms with Crippen LogP contribution in [0, 0.1) is 22.7 Å². The largest absolute Gasteiger partial charge is 0.392 e. The van der Waals surface area contributed by atoms with Crippen molar-refractivity contribution in [3.8, 4) is 12.1 Å². The lowest BCUT2D eigenvalue weighted by atomic mass is 9.94. The highest BCUT2D eigenvalue weighted by atomic mass is 16.3. The molecule has 0 aromatic heterocycles. The Hall–Kier alpha value is -1.84. The summed E-state index contributed by atoms with van der Waals surface area (Å²) >= 11 is 0. The summed E-state index contributed by atoms with van der Waals surface area (Å²) in [4.78, 5) is 0. The van der Waals surface area contributed by atoms with Gasteiger partial charge in [-0.25, -0.2) is 0 Å². The molecule has 1 aromatic rings. The molecule has 0 heterocycles. The number of rotatable bonds is 2. The minimum absolute atomic E-state index is 0.503. The Kier molecular flexibility index (Phi) is 3.23. The van der Waals surface area contributed by atoms with Gasteiger partial charge in [0.05, 0.1) is 29.7 Å². The van der Waals surface area contributed by atoms with Crippen LogP contribution in [0.15, 0.2) is 24.3 Å². The van der Waals surface area contributed by atoms with E-state index in [1.165, 1.54) is 0 Å². The van der Waals surface area contributed by atoms with E-state index in [9.17, 15) is 5.11 Å². The molecule has 0 fully saturated rings. The van der Waals surface area contributed by atoms with Crippen LogP contribution >= 0.6 is 0 Å². The van der Waals surface area contributed by atoms with Crippen LogP contribution < -0.4 is 0 Å². The normalized spacial score (nSPS) is 13.7. The van der Waals surface area contributed by atoms with Gasteiger partial charge in [0.1, 0.15) is 0 Å². The van der Waals surface area contributed by atoms with E-state index in [0.717, 1.165) is 0 Å². The molecular weight excluding hydrogens is 176 g/mol. The van der Waals surface area contributed by atoms with Gasteiger partial charge in [-0.05, 0) is 24.6 Å². The van der Waals surface area contributed by atoms with Crippen LogP contribution in [0.25, 0.3) is 0 Å². The van der Waals surface area contributed by atoms with Gasteiger partial charge in [0.2, 0.25) is 0 Å². The third-order valence-corrected chi connectivity index (χ3v) is 2.00. The number of aliphatic hydroxyl groups excluding tert-OH is 1. The third-order valence-electron chi connectivity index (χ3n) is 2.00. The van der Waals surface area contributed by atoms with Crippen molar-refractivity contribution >= 4 is 0 Å². The summed E-state index contributed by atoms with van der Waals surface area (Å²) < 4.78 is 0. The molecule has 0 aliphatic carbocycles. The minimum Gasteiger partial charge on any atom is -0.392 e. The summed E-state index contributed by atoms with van der Waals surface area (Å²) in [5.74, 6) is -0.566. The van der Waals surface area contributed by atoms with Crippen molar-refractivity contribution in [2.75, 3.05) is 0 Å². The molecule has 3 nitrogen and oxygen atoms in total. The van der Waals surface area contributed by atoms with Gasteiger partial charge in [-0.15, -0.1) is 0 Å². The van der Waals surface area contributed by atoms with Crippen LogP contribution in [-0.4, -0.2) is 11.2 Å². The molecule has 2 atom stereocenters. The number of aliphatic hydroxyl groups is 1. The fraction of sp³-hybridized carbons (Fsp3) is 0.273. The van der Waals surface area contributed by atoms with Crippen molar-refractivity contribution in [3.05, 3.63) is 35.4 Å². The maximum atomic E-state index is 9.32. The first-order valence-electron chi connectivity index (χ1n) is 4.26. The van der Waals surface area contributed by atoms with E-state index in [-0.39, 0.29) is 0 Å². The first-order valence-corrected chi connectivity index (χ1v) is 4.26. The molecule has 1 aromatic carbocycles. The van der Waals surface area contributed by atoms with Crippen LogP contribution in [0.1, 0.15) is 24.0 Å². The maximum absolute atomic E-state index is 9.32. The summed E-state index contributed by atoms with van der Waals surface area (Å²) in [6, 6.07) is 10.7. The molecule has 0 spiro atoms. The van der Waals surface area contributed by atoms with E-state index in [4.69, 9.17) is 10.5 Å². The Morgan fingerprint density at radius 2 is 2.07 bits per heavy atom. The molecule has 0 radical (unpaired) electrons. The van der Waals surface area contributed by atoms with E-state index in [0.29, 0.717) is 11.1 Å². The molecule has 0 bridgehead atoms. The average Bonchev–Trinajstić information content (AvgIpc) is 2.19. The Bertz CT molecular complexity index is 398. The first-order chi connectivity index (χ1) is 6.69. The number of nitriles is 2. The lowest BCUT2D eigenvalue weighted by molar-refractivity contribution is 0.181. The molecule has 0 saturated carbocycles. The monoisotopic (exact) mass is 186 g/mol. The van der Waals surface area contributed by atoms with Gasteiger partial charge in [-0.2, -0.15) is 10.5 Å². The van der Waals surface area contributed by atoms with E-state index >= 15 is 0 Å². The second kappa shape index (κ2) is 4.41. The van der Waals surface area contributed by atoms with E-state index in [1.807, 2.05) is 12.1 Å².